The zero-order valence-electron chi connectivity index (χ0n) is 18.2. The van der Waals surface area contributed by atoms with Gasteiger partial charge in [0.2, 0.25) is 6.79 Å². The quantitative estimate of drug-likeness (QED) is 0.312. The summed E-state index contributed by atoms with van der Waals surface area (Å²) in [5.74, 6) is 2.00. The van der Waals surface area contributed by atoms with Crippen LogP contribution in [-0.4, -0.2) is 39.6 Å². The maximum Gasteiger partial charge on any atom is 0.416 e. The number of aliphatic imine (C=N–C) groups is 1. The molecular weight excluding hydrogens is 550 g/mol. The molecule has 0 bridgehead atoms. The number of hydrogen-bond donors (Lipinski definition) is 2. The largest absolute Gasteiger partial charge is 0.454 e. The molecule has 2 aliphatic heterocycles. The summed E-state index contributed by atoms with van der Waals surface area (Å²) >= 11 is 0. The van der Waals surface area contributed by atoms with Crippen LogP contribution in [0, 0.1) is 0 Å². The molecule has 0 radical (unpaired) electrons. The maximum atomic E-state index is 13.3. The summed E-state index contributed by atoms with van der Waals surface area (Å²) in [6.07, 6.45) is -3.13. The van der Waals surface area contributed by atoms with E-state index in [1.54, 1.807) is 13.1 Å². The third-order valence-electron chi connectivity index (χ3n) is 5.97. The van der Waals surface area contributed by atoms with Gasteiger partial charge < -0.3 is 24.8 Å². The summed E-state index contributed by atoms with van der Waals surface area (Å²) in [6, 6.07) is 11.3. The molecule has 0 spiro atoms. The first-order valence-corrected chi connectivity index (χ1v) is 10.5. The van der Waals surface area contributed by atoms with Gasteiger partial charge >= 0.3 is 6.18 Å². The average molecular weight is 577 g/mol. The van der Waals surface area contributed by atoms with Crippen molar-refractivity contribution in [1.82, 2.24) is 10.6 Å². The highest BCUT2D eigenvalue weighted by Gasteiger charge is 2.37. The Labute approximate surface area is 207 Å². The minimum absolute atomic E-state index is 0. The number of nitrogens with zero attached hydrogens (tertiary/aromatic N) is 1. The van der Waals surface area contributed by atoms with Crippen molar-refractivity contribution in [2.45, 2.75) is 31.0 Å². The van der Waals surface area contributed by atoms with Crippen molar-refractivity contribution >= 4 is 29.9 Å². The van der Waals surface area contributed by atoms with Gasteiger partial charge in [-0.2, -0.15) is 13.2 Å². The number of ether oxygens (including phenoxy) is 3. The first kappa shape index (κ1) is 25.4. The molecule has 2 aromatic rings. The van der Waals surface area contributed by atoms with Gasteiger partial charge in [0.05, 0.1) is 5.56 Å². The summed E-state index contributed by atoms with van der Waals surface area (Å²) in [7, 11) is 1.66. The molecule has 4 rings (SSSR count). The van der Waals surface area contributed by atoms with Gasteiger partial charge in [0.25, 0.3) is 0 Å². The number of fused-ring (bicyclic) bond motifs is 1. The Morgan fingerprint density at radius 1 is 1.03 bits per heavy atom. The van der Waals surface area contributed by atoms with E-state index in [1.807, 2.05) is 18.2 Å². The summed E-state index contributed by atoms with van der Waals surface area (Å²) in [6.45, 7) is 2.17. The molecule has 0 saturated carbocycles. The van der Waals surface area contributed by atoms with Gasteiger partial charge in [0.15, 0.2) is 17.5 Å². The number of hydrogen-bond acceptors (Lipinski definition) is 4. The lowest BCUT2D eigenvalue weighted by Gasteiger charge is -2.38. The van der Waals surface area contributed by atoms with Crippen LogP contribution in [0.15, 0.2) is 47.5 Å². The zero-order chi connectivity index (χ0) is 22.6. The van der Waals surface area contributed by atoms with Gasteiger partial charge in [-0.05, 0) is 42.2 Å². The smallest absolute Gasteiger partial charge is 0.416 e. The van der Waals surface area contributed by atoms with Crippen molar-refractivity contribution in [3.05, 3.63) is 59.2 Å². The summed E-state index contributed by atoms with van der Waals surface area (Å²) < 4.78 is 56.1. The van der Waals surface area contributed by atoms with Gasteiger partial charge in [0.1, 0.15) is 0 Å². The maximum absolute atomic E-state index is 13.3. The van der Waals surface area contributed by atoms with Crippen molar-refractivity contribution in [2.24, 2.45) is 4.99 Å². The number of halogens is 4. The van der Waals surface area contributed by atoms with E-state index in [2.05, 4.69) is 15.6 Å². The molecule has 6 nitrogen and oxygen atoms in total. The standard InChI is InChI=1S/C23H26F3N3O3.HI/c1-27-21(28-13-16-5-6-19-20(11-16)32-15-31-19)29-14-22(7-9-30-10-8-22)17-3-2-4-18(12-17)23(24,25)26;/h2-6,11-12H,7-10,13-15H2,1H3,(H2,27,28,29);1H. The van der Waals surface area contributed by atoms with E-state index >= 15 is 0 Å². The first-order valence-electron chi connectivity index (χ1n) is 10.5. The molecular formula is C23H27F3IN3O3. The topological polar surface area (TPSA) is 64.1 Å². The number of alkyl halides is 3. The van der Waals surface area contributed by atoms with E-state index in [1.165, 1.54) is 12.1 Å². The first-order chi connectivity index (χ1) is 15.4. The molecule has 10 heteroatoms. The highest BCUT2D eigenvalue weighted by atomic mass is 127. The summed E-state index contributed by atoms with van der Waals surface area (Å²) in [5.41, 5.74) is 0.548. The monoisotopic (exact) mass is 577 g/mol. The van der Waals surface area contributed by atoms with E-state index < -0.39 is 17.2 Å². The van der Waals surface area contributed by atoms with Gasteiger partial charge in [-0.15, -0.1) is 24.0 Å². The number of rotatable bonds is 5. The lowest BCUT2D eigenvalue weighted by Crippen LogP contribution is -2.48. The van der Waals surface area contributed by atoms with Crippen LogP contribution in [0.2, 0.25) is 0 Å². The second-order valence-corrected chi connectivity index (χ2v) is 7.94. The third kappa shape index (κ3) is 6.03. The molecule has 2 heterocycles. The highest BCUT2D eigenvalue weighted by molar-refractivity contribution is 14.0. The van der Waals surface area contributed by atoms with E-state index in [9.17, 15) is 13.2 Å². The number of benzene rings is 2. The highest BCUT2D eigenvalue weighted by Crippen LogP contribution is 2.38. The number of nitrogens with one attached hydrogen (secondary N) is 2. The Hall–Kier alpha value is -2.21. The van der Waals surface area contributed by atoms with Crippen LogP contribution in [0.5, 0.6) is 11.5 Å². The van der Waals surface area contributed by atoms with Gasteiger partial charge in [-0.3, -0.25) is 4.99 Å². The lowest BCUT2D eigenvalue weighted by atomic mass is 9.73. The van der Waals surface area contributed by atoms with Crippen LogP contribution in [0.1, 0.15) is 29.5 Å². The summed E-state index contributed by atoms with van der Waals surface area (Å²) in [4.78, 5) is 4.27. The van der Waals surface area contributed by atoms with E-state index in [0.29, 0.717) is 56.4 Å². The molecule has 2 aromatic carbocycles. The van der Waals surface area contributed by atoms with Crippen molar-refractivity contribution < 1.29 is 27.4 Å². The van der Waals surface area contributed by atoms with E-state index in [-0.39, 0.29) is 30.8 Å². The van der Waals surface area contributed by atoms with Crippen LogP contribution in [-0.2, 0) is 22.9 Å². The zero-order valence-corrected chi connectivity index (χ0v) is 20.5. The molecule has 2 N–H and O–H groups in total. The van der Waals surface area contributed by atoms with Crippen molar-refractivity contribution in [3.8, 4) is 11.5 Å². The fourth-order valence-electron chi connectivity index (χ4n) is 4.07. The Kier molecular flexibility index (Phi) is 8.33. The average Bonchev–Trinajstić information content (AvgIpc) is 3.27. The molecule has 0 atom stereocenters. The van der Waals surface area contributed by atoms with Crippen LogP contribution in [0.4, 0.5) is 13.2 Å². The predicted molar refractivity (Wildman–Crippen MR) is 129 cm³/mol. The van der Waals surface area contributed by atoms with Crippen molar-refractivity contribution in [2.75, 3.05) is 33.6 Å². The van der Waals surface area contributed by atoms with Crippen LogP contribution < -0.4 is 20.1 Å². The second kappa shape index (κ2) is 10.8. The predicted octanol–water partition coefficient (Wildman–Crippen LogP) is 4.47. The number of guanidine groups is 1. The van der Waals surface area contributed by atoms with Gasteiger partial charge in [-0.25, -0.2) is 0 Å². The van der Waals surface area contributed by atoms with Crippen molar-refractivity contribution in [1.29, 1.82) is 0 Å². The summed E-state index contributed by atoms with van der Waals surface area (Å²) in [5, 5.41) is 6.56. The normalized spacial score (nSPS) is 17.3. The van der Waals surface area contributed by atoms with Gasteiger partial charge in [0, 0.05) is 38.8 Å². The molecule has 2 aliphatic rings. The minimum atomic E-state index is -4.38. The Balaban J connectivity index is 0.00000306. The molecule has 0 amide bonds. The van der Waals surface area contributed by atoms with Crippen LogP contribution in [0.25, 0.3) is 0 Å². The third-order valence-corrected chi connectivity index (χ3v) is 5.97. The fraction of sp³-hybridized carbons (Fsp3) is 0.435. The SMILES string of the molecule is CN=C(NCc1ccc2c(c1)OCO2)NCC1(c2cccc(C(F)(F)F)c2)CCOCC1.I. The Bertz CT molecular complexity index is 979. The molecule has 0 aliphatic carbocycles. The van der Waals surface area contributed by atoms with Crippen LogP contribution in [0.3, 0.4) is 0 Å². The van der Waals surface area contributed by atoms with E-state index in [0.717, 1.165) is 17.4 Å². The molecule has 180 valence electrons. The minimum Gasteiger partial charge on any atom is -0.454 e. The molecule has 33 heavy (non-hydrogen) atoms. The lowest BCUT2D eigenvalue weighted by molar-refractivity contribution is -0.137. The Morgan fingerprint density at radius 3 is 2.52 bits per heavy atom. The van der Waals surface area contributed by atoms with Gasteiger partial charge in [-0.1, -0.05) is 24.3 Å². The fourth-order valence-corrected chi connectivity index (χ4v) is 4.07. The second-order valence-electron chi connectivity index (χ2n) is 7.94. The van der Waals surface area contributed by atoms with Crippen molar-refractivity contribution in [3.63, 3.8) is 0 Å². The Morgan fingerprint density at radius 2 is 1.79 bits per heavy atom. The molecule has 0 aromatic heterocycles. The van der Waals surface area contributed by atoms with Crippen LogP contribution >= 0.6 is 24.0 Å². The molecule has 1 fully saturated rings. The molecule has 0 unspecified atom stereocenters. The van der Waals surface area contributed by atoms with E-state index in [4.69, 9.17) is 14.2 Å². The molecule has 1 saturated heterocycles.